The molecule has 0 aromatic heterocycles. The Labute approximate surface area is 157 Å². The SMILES string of the molecule is CCN(CC)Cc1ccc(CNC(=O)CCc2ccc(OC)cc2)cc1. The van der Waals surface area contributed by atoms with Crippen molar-refractivity contribution in [1.82, 2.24) is 10.2 Å². The van der Waals surface area contributed by atoms with Crippen molar-refractivity contribution in [1.29, 1.82) is 0 Å². The quantitative estimate of drug-likeness (QED) is 0.706. The zero-order valence-corrected chi connectivity index (χ0v) is 16.1. The summed E-state index contributed by atoms with van der Waals surface area (Å²) < 4.78 is 5.14. The molecule has 0 bridgehead atoms. The molecule has 2 aromatic rings. The Morgan fingerprint density at radius 2 is 1.50 bits per heavy atom. The molecule has 0 spiro atoms. The van der Waals surface area contributed by atoms with E-state index in [4.69, 9.17) is 4.74 Å². The minimum absolute atomic E-state index is 0.0769. The maximum atomic E-state index is 12.1. The number of benzene rings is 2. The number of hydrogen-bond acceptors (Lipinski definition) is 3. The highest BCUT2D eigenvalue weighted by molar-refractivity contribution is 5.76. The van der Waals surface area contributed by atoms with Gasteiger partial charge >= 0.3 is 0 Å². The summed E-state index contributed by atoms with van der Waals surface area (Å²) in [5, 5.41) is 3.00. The van der Waals surface area contributed by atoms with Crippen LogP contribution in [0.3, 0.4) is 0 Å². The number of rotatable bonds is 10. The number of carbonyl (C=O) groups excluding carboxylic acids is 1. The Morgan fingerprint density at radius 1 is 0.923 bits per heavy atom. The van der Waals surface area contributed by atoms with Crippen molar-refractivity contribution in [2.24, 2.45) is 0 Å². The van der Waals surface area contributed by atoms with E-state index >= 15 is 0 Å². The first kappa shape index (κ1) is 20.0. The molecule has 0 radical (unpaired) electrons. The highest BCUT2D eigenvalue weighted by Crippen LogP contribution is 2.12. The van der Waals surface area contributed by atoms with Gasteiger partial charge in [-0.15, -0.1) is 0 Å². The number of amides is 1. The number of carbonyl (C=O) groups is 1. The van der Waals surface area contributed by atoms with E-state index in [0.29, 0.717) is 13.0 Å². The maximum Gasteiger partial charge on any atom is 0.220 e. The van der Waals surface area contributed by atoms with E-state index in [9.17, 15) is 4.79 Å². The molecule has 2 aromatic carbocycles. The molecule has 0 aliphatic carbocycles. The first-order valence-corrected chi connectivity index (χ1v) is 9.34. The summed E-state index contributed by atoms with van der Waals surface area (Å²) in [6, 6.07) is 16.3. The summed E-state index contributed by atoms with van der Waals surface area (Å²) in [4.78, 5) is 14.4. The molecular weight excluding hydrogens is 324 g/mol. The van der Waals surface area contributed by atoms with Crippen molar-refractivity contribution < 1.29 is 9.53 Å². The van der Waals surface area contributed by atoms with Gasteiger partial charge in [-0.1, -0.05) is 50.2 Å². The molecule has 0 aliphatic heterocycles. The van der Waals surface area contributed by atoms with Crippen LogP contribution in [0.15, 0.2) is 48.5 Å². The number of methoxy groups -OCH3 is 1. The topological polar surface area (TPSA) is 41.6 Å². The molecule has 26 heavy (non-hydrogen) atoms. The Kier molecular flexibility index (Phi) is 8.16. The zero-order chi connectivity index (χ0) is 18.8. The van der Waals surface area contributed by atoms with Crippen LogP contribution in [0, 0.1) is 0 Å². The summed E-state index contributed by atoms with van der Waals surface area (Å²) in [5.74, 6) is 0.913. The summed E-state index contributed by atoms with van der Waals surface area (Å²) in [7, 11) is 1.65. The monoisotopic (exact) mass is 354 g/mol. The standard InChI is InChI=1S/C22H30N2O2/c1-4-24(5-2)17-20-8-6-19(7-9-20)16-23-22(25)15-12-18-10-13-21(26-3)14-11-18/h6-11,13-14H,4-5,12,15-17H2,1-3H3,(H,23,25). The van der Waals surface area contributed by atoms with E-state index in [2.05, 4.69) is 48.3 Å². The van der Waals surface area contributed by atoms with Gasteiger partial charge in [0.05, 0.1) is 7.11 Å². The molecule has 0 unspecified atom stereocenters. The second-order valence-electron chi connectivity index (χ2n) is 6.40. The fourth-order valence-electron chi connectivity index (χ4n) is 2.81. The van der Waals surface area contributed by atoms with Crippen LogP contribution in [-0.4, -0.2) is 31.0 Å². The van der Waals surface area contributed by atoms with Crippen LogP contribution in [-0.2, 0) is 24.3 Å². The average Bonchev–Trinajstić information content (AvgIpc) is 2.70. The van der Waals surface area contributed by atoms with E-state index < -0.39 is 0 Å². The predicted molar refractivity (Wildman–Crippen MR) is 106 cm³/mol. The summed E-state index contributed by atoms with van der Waals surface area (Å²) >= 11 is 0. The van der Waals surface area contributed by atoms with Crippen molar-refractivity contribution in [3.05, 3.63) is 65.2 Å². The van der Waals surface area contributed by atoms with E-state index in [1.807, 2.05) is 24.3 Å². The molecule has 0 heterocycles. The third kappa shape index (κ3) is 6.52. The van der Waals surface area contributed by atoms with E-state index in [0.717, 1.165) is 42.9 Å². The number of nitrogens with one attached hydrogen (secondary N) is 1. The lowest BCUT2D eigenvalue weighted by atomic mass is 10.1. The van der Waals surface area contributed by atoms with Crippen LogP contribution in [0.2, 0.25) is 0 Å². The van der Waals surface area contributed by atoms with Gasteiger partial charge in [0.2, 0.25) is 5.91 Å². The van der Waals surface area contributed by atoms with Gasteiger partial charge in [-0.25, -0.2) is 0 Å². The fourth-order valence-corrected chi connectivity index (χ4v) is 2.81. The number of hydrogen-bond donors (Lipinski definition) is 1. The summed E-state index contributed by atoms with van der Waals surface area (Å²) in [6.07, 6.45) is 1.23. The van der Waals surface area contributed by atoms with Crippen LogP contribution in [0.4, 0.5) is 0 Å². The molecule has 140 valence electrons. The molecule has 1 N–H and O–H groups in total. The molecule has 2 rings (SSSR count). The predicted octanol–water partition coefficient (Wildman–Crippen LogP) is 3.79. The Hall–Kier alpha value is -2.33. The van der Waals surface area contributed by atoms with Crippen LogP contribution in [0.5, 0.6) is 5.75 Å². The molecule has 0 aliphatic rings. The second kappa shape index (κ2) is 10.6. The van der Waals surface area contributed by atoms with Crippen molar-refractivity contribution in [3.63, 3.8) is 0 Å². The van der Waals surface area contributed by atoms with Gasteiger partial charge in [0.25, 0.3) is 0 Å². The highest BCUT2D eigenvalue weighted by atomic mass is 16.5. The molecule has 0 saturated heterocycles. The second-order valence-corrected chi connectivity index (χ2v) is 6.40. The molecule has 4 heteroatoms. The lowest BCUT2D eigenvalue weighted by molar-refractivity contribution is -0.121. The van der Waals surface area contributed by atoms with Crippen molar-refractivity contribution in [2.45, 2.75) is 39.8 Å². The number of nitrogens with zero attached hydrogens (tertiary/aromatic N) is 1. The van der Waals surface area contributed by atoms with Crippen LogP contribution >= 0.6 is 0 Å². The first-order valence-electron chi connectivity index (χ1n) is 9.34. The first-order chi connectivity index (χ1) is 12.6. The van der Waals surface area contributed by atoms with Crippen molar-refractivity contribution in [2.75, 3.05) is 20.2 Å². The molecule has 4 nitrogen and oxygen atoms in total. The largest absolute Gasteiger partial charge is 0.497 e. The molecule has 0 fully saturated rings. The molecule has 0 atom stereocenters. The lowest BCUT2D eigenvalue weighted by Gasteiger charge is -2.18. The van der Waals surface area contributed by atoms with Crippen LogP contribution in [0.25, 0.3) is 0 Å². The maximum absolute atomic E-state index is 12.1. The number of ether oxygens (including phenoxy) is 1. The van der Waals surface area contributed by atoms with Crippen LogP contribution < -0.4 is 10.1 Å². The molecule has 0 saturated carbocycles. The van der Waals surface area contributed by atoms with E-state index in [1.165, 1.54) is 5.56 Å². The Bertz CT molecular complexity index is 662. The minimum Gasteiger partial charge on any atom is -0.497 e. The van der Waals surface area contributed by atoms with Gasteiger partial charge in [0, 0.05) is 19.5 Å². The Morgan fingerprint density at radius 3 is 2.08 bits per heavy atom. The van der Waals surface area contributed by atoms with Gasteiger partial charge in [0.1, 0.15) is 5.75 Å². The molecular formula is C22H30N2O2. The van der Waals surface area contributed by atoms with Gasteiger partial charge in [-0.3, -0.25) is 9.69 Å². The Balaban J connectivity index is 1.74. The van der Waals surface area contributed by atoms with Gasteiger partial charge in [-0.05, 0) is 48.3 Å². The summed E-state index contributed by atoms with van der Waals surface area (Å²) in [6.45, 7) is 8.03. The van der Waals surface area contributed by atoms with Gasteiger partial charge in [-0.2, -0.15) is 0 Å². The fraction of sp³-hybridized carbons (Fsp3) is 0.409. The normalized spacial score (nSPS) is 10.8. The third-order valence-electron chi connectivity index (χ3n) is 4.61. The average molecular weight is 354 g/mol. The zero-order valence-electron chi connectivity index (χ0n) is 16.1. The van der Waals surface area contributed by atoms with E-state index in [1.54, 1.807) is 7.11 Å². The minimum atomic E-state index is 0.0769. The van der Waals surface area contributed by atoms with Gasteiger partial charge in [0.15, 0.2) is 0 Å². The summed E-state index contributed by atoms with van der Waals surface area (Å²) in [5.41, 5.74) is 3.58. The van der Waals surface area contributed by atoms with Crippen LogP contribution in [0.1, 0.15) is 37.0 Å². The lowest BCUT2D eigenvalue weighted by Crippen LogP contribution is -2.23. The van der Waals surface area contributed by atoms with Crippen molar-refractivity contribution >= 4 is 5.91 Å². The van der Waals surface area contributed by atoms with Crippen molar-refractivity contribution in [3.8, 4) is 5.75 Å². The molecule has 1 amide bonds. The smallest absolute Gasteiger partial charge is 0.220 e. The third-order valence-corrected chi connectivity index (χ3v) is 4.61. The number of aryl methyl sites for hydroxylation is 1. The van der Waals surface area contributed by atoms with Gasteiger partial charge < -0.3 is 10.1 Å². The van der Waals surface area contributed by atoms with E-state index in [-0.39, 0.29) is 5.91 Å². The highest BCUT2D eigenvalue weighted by Gasteiger charge is 2.04.